The number of carbonyl (C=O) groups is 2. The minimum absolute atomic E-state index is 0.0122. The highest BCUT2D eigenvalue weighted by atomic mass is 16.4. The van der Waals surface area contributed by atoms with Gasteiger partial charge in [0, 0.05) is 12.6 Å². The largest absolute Gasteiger partial charge is 0.481 e. The van der Waals surface area contributed by atoms with Crippen LogP contribution in [0.5, 0.6) is 0 Å². The summed E-state index contributed by atoms with van der Waals surface area (Å²) in [7, 11) is 0. The highest BCUT2D eigenvalue weighted by Gasteiger charge is 2.20. The molecule has 0 radical (unpaired) electrons. The summed E-state index contributed by atoms with van der Waals surface area (Å²) in [6.07, 6.45) is 6.43. The molecule has 3 unspecified atom stereocenters. The Labute approximate surface area is 121 Å². The van der Waals surface area contributed by atoms with Crippen molar-refractivity contribution in [1.82, 2.24) is 10.6 Å². The standard InChI is InChI=1S/C15H28N2O3/c1-3-5-13(9-14(18)19)17-15(20)16-10-12-7-4-6-11(2)8-12/h11-13H,3-10H2,1-2H3,(H,18,19)(H2,16,17,20). The molecule has 20 heavy (non-hydrogen) atoms. The normalized spacial score (nSPS) is 23.9. The van der Waals surface area contributed by atoms with Crippen LogP contribution in [0, 0.1) is 11.8 Å². The number of carbonyl (C=O) groups excluding carboxylic acids is 1. The lowest BCUT2D eigenvalue weighted by atomic mass is 9.82. The van der Waals surface area contributed by atoms with E-state index in [0.717, 1.165) is 12.3 Å². The molecule has 1 rings (SSSR count). The van der Waals surface area contributed by atoms with E-state index >= 15 is 0 Å². The number of hydrogen-bond donors (Lipinski definition) is 3. The van der Waals surface area contributed by atoms with Crippen molar-refractivity contribution >= 4 is 12.0 Å². The molecule has 5 heteroatoms. The van der Waals surface area contributed by atoms with E-state index in [4.69, 9.17) is 5.11 Å². The molecular formula is C15H28N2O3. The lowest BCUT2D eigenvalue weighted by molar-refractivity contribution is -0.137. The van der Waals surface area contributed by atoms with Gasteiger partial charge in [-0.3, -0.25) is 4.79 Å². The van der Waals surface area contributed by atoms with E-state index in [1.807, 2.05) is 6.92 Å². The zero-order valence-corrected chi connectivity index (χ0v) is 12.7. The van der Waals surface area contributed by atoms with Crippen LogP contribution in [0.2, 0.25) is 0 Å². The summed E-state index contributed by atoms with van der Waals surface area (Å²) in [4.78, 5) is 22.6. The minimum atomic E-state index is -0.871. The van der Waals surface area contributed by atoms with Gasteiger partial charge >= 0.3 is 12.0 Å². The van der Waals surface area contributed by atoms with E-state index < -0.39 is 5.97 Å². The monoisotopic (exact) mass is 284 g/mol. The average molecular weight is 284 g/mol. The van der Waals surface area contributed by atoms with Crippen molar-refractivity contribution in [2.45, 2.75) is 64.8 Å². The topological polar surface area (TPSA) is 78.4 Å². The smallest absolute Gasteiger partial charge is 0.315 e. The summed E-state index contributed by atoms with van der Waals surface area (Å²) in [6.45, 7) is 4.94. The molecule has 0 aromatic carbocycles. The highest BCUT2D eigenvalue weighted by molar-refractivity contribution is 5.75. The molecule has 2 amide bonds. The summed E-state index contributed by atoms with van der Waals surface area (Å²) >= 11 is 0. The third-order valence-corrected chi connectivity index (χ3v) is 3.99. The van der Waals surface area contributed by atoms with Crippen LogP contribution in [-0.4, -0.2) is 29.7 Å². The molecule has 0 spiro atoms. The molecule has 1 aliphatic carbocycles. The molecule has 0 saturated heterocycles. The average Bonchev–Trinajstić information content (AvgIpc) is 2.36. The second-order valence-electron chi connectivity index (χ2n) is 6.08. The molecule has 1 saturated carbocycles. The summed E-state index contributed by atoms with van der Waals surface area (Å²) in [6, 6.07) is -0.509. The van der Waals surface area contributed by atoms with E-state index in [-0.39, 0.29) is 18.5 Å². The highest BCUT2D eigenvalue weighted by Crippen LogP contribution is 2.27. The van der Waals surface area contributed by atoms with Gasteiger partial charge in [0.15, 0.2) is 0 Å². The van der Waals surface area contributed by atoms with Crippen LogP contribution >= 0.6 is 0 Å². The minimum Gasteiger partial charge on any atom is -0.481 e. The Hall–Kier alpha value is -1.26. The van der Waals surface area contributed by atoms with E-state index in [2.05, 4.69) is 17.6 Å². The Morgan fingerprint density at radius 1 is 1.35 bits per heavy atom. The second-order valence-corrected chi connectivity index (χ2v) is 6.08. The molecule has 5 nitrogen and oxygen atoms in total. The Kier molecular flexibility index (Phi) is 7.41. The Balaban J connectivity index is 2.28. The summed E-state index contributed by atoms with van der Waals surface area (Å²) < 4.78 is 0. The quantitative estimate of drug-likeness (QED) is 0.672. The number of carboxylic acid groups (broad SMARTS) is 1. The zero-order chi connectivity index (χ0) is 15.0. The fourth-order valence-corrected chi connectivity index (χ4v) is 3.00. The fourth-order valence-electron chi connectivity index (χ4n) is 3.00. The maximum atomic E-state index is 11.8. The first kappa shape index (κ1) is 16.8. The summed E-state index contributed by atoms with van der Waals surface area (Å²) in [5.74, 6) is 0.442. The van der Waals surface area contributed by atoms with Crippen LogP contribution in [0.3, 0.4) is 0 Å². The molecular weight excluding hydrogens is 256 g/mol. The molecule has 3 atom stereocenters. The predicted octanol–water partition coefficient (Wildman–Crippen LogP) is 2.76. The van der Waals surface area contributed by atoms with Crippen LogP contribution in [0.1, 0.15) is 58.8 Å². The van der Waals surface area contributed by atoms with Gasteiger partial charge in [0.25, 0.3) is 0 Å². The van der Waals surface area contributed by atoms with Crippen molar-refractivity contribution < 1.29 is 14.7 Å². The van der Waals surface area contributed by atoms with Crippen LogP contribution < -0.4 is 10.6 Å². The van der Waals surface area contributed by atoms with Crippen molar-refractivity contribution in [2.75, 3.05) is 6.54 Å². The third kappa shape index (κ3) is 6.78. The number of urea groups is 1. The lowest BCUT2D eigenvalue weighted by Crippen LogP contribution is -2.44. The first-order chi connectivity index (χ1) is 9.51. The van der Waals surface area contributed by atoms with Gasteiger partial charge < -0.3 is 15.7 Å². The molecule has 0 heterocycles. The Bertz CT molecular complexity index is 320. The molecule has 1 fully saturated rings. The van der Waals surface area contributed by atoms with Crippen molar-refractivity contribution in [3.05, 3.63) is 0 Å². The number of carboxylic acids is 1. The van der Waals surface area contributed by atoms with Crippen molar-refractivity contribution in [1.29, 1.82) is 0 Å². The van der Waals surface area contributed by atoms with E-state index in [1.54, 1.807) is 0 Å². The van der Waals surface area contributed by atoms with Gasteiger partial charge in [-0.05, 0) is 31.1 Å². The number of amides is 2. The van der Waals surface area contributed by atoms with E-state index in [9.17, 15) is 9.59 Å². The van der Waals surface area contributed by atoms with Gasteiger partial charge in [-0.25, -0.2) is 4.79 Å². The van der Waals surface area contributed by atoms with E-state index in [0.29, 0.717) is 18.9 Å². The molecule has 0 aliphatic heterocycles. The SMILES string of the molecule is CCCC(CC(=O)O)NC(=O)NCC1CCCC(C)C1. The molecule has 0 aromatic rings. The number of hydrogen-bond acceptors (Lipinski definition) is 2. The van der Waals surface area contributed by atoms with Crippen molar-refractivity contribution in [3.8, 4) is 0 Å². The number of aliphatic carboxylic acids is 1. The van der Waals surface area contributed by atoms with Gasteiger partial charge in [-0.1, -0.05) is 33.1 Å². The Morgan fingerprint density at radius 3 is 2.70 bits per heavy atom. The first-order valence-corrected chi connectivity index (χ1v) is 7.77. The van der Waals surface area contributed by atoms with Gasteiger partial charge in [0.1, 0.15) is 0 Å². The predicted molar refractivity (Wildman–Crippen MR) is 78.6 cm³/mol. The molecule has 0 bridgehead atoms. The van der Waals surface area contributed by atoms with Crippen LogP contribution in [-0.2, 0) is 4.79 Å². The van der Waals surface area contributed by atoms with Crippen LogP contribution in [0.4, 0.5) is 4.79 Å². The van der Waals surface area contributed by atoms with Crippen LogP contribution in [0.15, 0.2) is 0 Å². The maximum absolute atomic E-state index is 11.8. The zero-order valence-electron chi connectivity index (χ0n) is 12.7. The van der Waals surface area contributed by atoms with Gasteiger partial charge in [-0.2, -0.15) is 0 Å². The maximum Gasteiger partial charge on any atom is 0.315 e. The summed E-state index contributed by atoms with van der Waals surface area (Å²) in [5, 5.41) is 14.5. The lowest BCUT2D eigenvalue weighted by Gasteiger charge is -2.27. The Morgan fingerprint density at radius 2 is 2.10 bits per heavy atom. The molecule has 0 aromatic heterocycles. The molecule has 116 valence electrons. The first-order valence-electron chi connectivity index (χ1n) is 7.77. The number of rotatable bonds is 7. The van der Waals surface area contributed by atoms with Gasteiger partial charge in [0.2, 0.25) is 0 Å². The van der Waals surface area contributed by atoms with Gasteiger partial charge in [0.05, 0.1) is 6.42 Å². The van der Waals surface area contributed by atoms with Gasteiger partial charge in [-0.15, -0.1) is 0 Å². The fraction of sp³-hybridized carbons (Fsp3) is 0.867. The molecule has 3 N–H and O–H groups in total. The van der Waals surface area contributed by atoms with E-state index in [1.165, 1.54) is 25.7 Å². The molecule has 1 aliphatic rings. The van der Waals surface area contributed by atoms with Crippen LogP contribution in [0.25, 0.3) is 0 Å². The van der Waals surface area contributed by atoms with Crippen molar-refractivity contribution in [3.63, 3.8) is 0 Å². The second kappa shape index (κ2) is 8.82. The van der Waals surface area contributed by atoms with Crippen molar-refractivity contribution in [2.24, 2.45) is 11.8 Å². The number of nitrogens with one attached hydrogen (secondary N) is 2. The summed E-state index contributed by atoms with van der Waals surface area (Å²) in [5.41, 5.74) is 0. The third-order valence-electron chi connectivity index (χ3n) is 3.99.